The molecule has 160 valence electrons. The van der Waals surface area contributed by atoms with Gasteiger partial charge in [0.05, 0.1) is 5.52 Å². The Kier molecular flexibility index (Phi) is 6.16. The Bertz CT molecular complexity index is 1300. The van der Waals surface area contributed by atoms with E-state index in [-0.39, 0.29) is 22.9 Å². The molecule has 1 heterocycles. The normalized spacial score (nSPS) is 11.0. The number of nitrogens with zero attached hydrogens (tertiary/aromatic N) is 2. The van der Waals surface area contributed by atoms with Crippen LogP contribution in [0.25, 0.3) is 10.9 Å². The topological polar surface area (TPSA) is 164 Å². The Balaban J connectivity index is 1.85. The minimum atomic E-state index is -3.78. The average Bonchev–Trinajstić information content (AvgIpc) is 2.71. The zero-order valence-electron chi connectivity index (χ0n) is 16.3. The molecule has 2 aromatic carbocycles. The maximum atomic E-state index is 12.6. The Hall–Kier alpha value is -3.99. The van der Waals surface area contributed by atoms with E-state index in [2.05, 4.69) is 9.98 Å². The number of aliphatic imine (C=N–C) groups is 1. The van der Waals surface area contributed by atoms with E-state index in [0.29, 0.717) is 11.1 Å². The van der Waals surface area contributed by atoms with Crippen LogP contribution >= 0.6 is 0 Å². The van der Waals surface area contributed by atoms with Crippen molar-refractivity contribution in [2.24, 2.45) is 16.5 Å². The van der Waals surface area contributed by atoms with Gasteiger partial charge in [0, 0.05) is 11.6 Å². The smallest absolute Gasteiger partial charge is 0.437 e. The Morgan fingerprint density at radius 1 is 1.06 bits per heavy atom. The van der Waals surface area contributed by atoms with Gasteiger partial charge in [0.2, 0.25) is 0 Å². The number of hydrogen-bond acceptors (Lipinski definition) is 7. The van der Waals surface area contributed by atoms with Gasteiger partial charge in [0.25, 0.3) is 0 Å². The molecule has 1 amide bonds. The van der Waals surface area contributed by atoms with Gasteiger partial charge in [-0.3, -0.25) is 0 Å². The predicted octanol–water partition coefficient (Wildman–Crippen LogP) is 1.77. The molecule has 0 radical (unpaired) electrons. The molecule has 0 atom stereocenters. The Labute approximate surface area is 177 Å². The minimum absolute atomic E-state index is 0.0217. The molecule has 31 heavy (non-hydrogen) atoms. The van der Waals surface area contributed by atoms with Gasteiger partial charge in [-0.15, -0.1) is 4.99 Å². The predicted molar refractivity (Wildman–Crippen MR) is 112 cm³/mol. The van der Waals surface area contributed by atoms with Gasteiger partial charge in [0.1, 0.15) is 22.9 Å². The number of rotatable bonds is 5. The molecule has 0 saturated heterocycles. The molecule has 0 spiro atoms. The number of ether oxygens (including phenoxy) is 2. The van der Waals surface area contributed by atoms with E-state index in [1.807, 2.05) is 12.1 Å². The summed E-state index contributed by atoms with van der Waals surface area (Å²) in [5, 5.41) is 0.843. The van der Waals surface area contributed by atoms with Gasteiger partial charge in [-0.2, -0.15) is 0 Å². The number of carbonyl (C=O) groups excluding carboxylic acids is 2. The van der Waals surface area contributed by atoms with Gasteiger partial charge in [-0.1, -0.05) is 30.3 Å². The molecule has 0 aliphatic carbocycles. The third-order valence-electron chi connectivity index (χ3n) is 4.00. The number of fused-ring (bicyclic) bond motifs is 1. The Morgan fingerprint density at radius 3 is 2.52 bits per heavy atom. The molecule has 3 rings (SSSR count). The largest absolute Gasteiger partial charge is 0.443 e. The van der Waals surface area contributed by atoms with E-state index >= 15 is 0 Å². The molecule has 11 heteroatoms. The van der Waals surface area contributed by atoms with E-state index in [1.54, 1.807) is 18.2 Å². The maximum Gasteiger partial charge on any atom is 0.437 e. The van der Waals surface area contributed by atoms with Crippen LogP contribution in [-0.2, 0) is 21.2 Å². The van der Waals surface area contributed by atoms with Gasteiger partial charge in [-0.25, -0.2) is 23.0 Å². The van der Waals surface area contributed by atoms with E-state index in [9.17, 15) is 18.0 Å². The van der Waals surface area contributed by atoms with Gasteiger partial charge in [0.15, 0.2) is 15.8 Å². The lowest BCUT2D eigenvalue weighted by atomic mass is 10.2. The zero-order chi connectivity index (χ0) is 22.6. The molecule has 0 bridgehead atoms. The lowest BCUT2D eigenvalue weighted by Crippen LogP contribution is -2.24. The van der Waals surface area contributed by atoms with Crippen LogP contribution in [0.1, 0.15) is 16.1 Å². The molecule has 4 N–H and O–H groups in total. The van der Waals surface area contributed by atoms with Crippen molar-refractivity contribution in [1.29, 1.82) is 0 Å². The number of sulfone groups is 1. The monoisotopic (exact) mass is 442 g/mol. The lowest BCUT2D eigenvalue weighted by molar-refractivity contribution is 0.0724. The van der Waals surface area contributed by atoms with Crippen LogP contribution in [0.2, 0.25) is 0 Å². The van der Waals surface area contributed by atoms with Crippen LogP contribution in [0, 0.1) is 0 Å². The van der Waals surface area contributed by atoms with Gasteiger partial charge >= 0.3 is 12.1 Å². The van der Waals surface area contributed by atoms with Crippen LogP contribution < -0.4 is 16.2 Å². The number of hydrogen-bond donors (Lipinski definition) is 2. The van der Waals surface area contributed by atoms with Crippen molar-refractivity contribution in [1.82, 2.24) is 4.98 Å². The number of aromatic nitrogens is 1. The highest BCUT2D eigenvalue weighted by molar-refractivity contribution is 7.90. The van der Waals surface area contributed by atoms with E-state index in [4.69, 9.17) is 20.9 Å². The van der Waals surface area contributed by atoms with Crippen LogP contribution in [0.4, 0.5) is 4.79 Å². The maximum absolute atomic E-state index is 12.6. The molecule has 10 nitrogen and oxygen atoms in total. The van der Waals surface area contributed by atoms with Crippen molar-refractivity contribution < 1.29 is 27.5 Å². The van der Waals surface area contributed by atoms with Crippen molar-refractivity contribution in [3.8, 4) is 5.75 Å². The van der Waals surface area contributed by atoms with Crippen molar-refractivity contribution >= 4 is 38.8 Å². The molecule has 1 aromatic heterocycles. The van der Waals surface area contributed by atoms with E-state index in [1.165, 1.54) is 24.3 Å². The average molecular weight is 442 g/mol. The quantitative estimate of drug-likeness (QED) is 0.259. The minimum Gasteiger partial charge on any atom is -0.443 e. The number of benzene rings is 2. The van der Waals surface area contributed by atoms with Gasteiger partial charge in [-0.05, 0) is 29.8 Å². The number of carbonyl (C=O) groups is 2. The van der Waals surface area contributed by atoms with Crippen molar-refractivity contribution in [3.05, 3.63) is 65.9 Å². The second-order valence-corrected chi connectivity index (χ2v) is 8.41. The summed E-state index contributed by atoms with van der Waals surface area (Å²) in [5.41, 5.74) is 11.1. The number of esters is 1. The summed E-state index contributed by atoms with van der Waals surface area (Å²) in [6.45, 7) is -0.293. The summed E-state index contributed by atoms with van der Waals surface area (Å²) in [6, 6.07) is 14.4. The van der Waals surface area contributed by atoms with Crippen LogP contribution in [0.15, 0.2) is 64.5 Å². The van der Waals surface area contributed by atoms with E-state index in [0.717, 1.165) is 11.6 Å². The molecule has 0 fully saturated rings. The number of guanidine groups is 1. The first kappa shape index (κ1) is 21.7. The number of amides is 1. The molecule has 0 aliphatic rings. The van der Waals surface area contributed by atoms with Crippen molar-refractivity contribution in [3.63, 3.8) is 0 Å². The van der Waals surface area contributed by atoms with Crippen molar-refractivity contribution in [2.45, 2.75) is 11.5 Å². The third-order valence-corrected chi connectivity index (χ3v) is 5.12. The molecule has 0 saturated carbocycles. The second kappa shape index (κ2) is 8.79. The number of pyridine rings is 1. The fourth-order valence-corrected chi connectivity index (χ4v) is 3.47. The SMILES string of the molecule is CS(=O)(=O)c1cc(COC(=O)N=C(N)N)ccc1OC(=O)c1ccc2ccccc2n1. The first-order valence-electron chi connectivity index (χ1n) is 8.81. The second-order valence-electron chi connectivity index (χ2n) is 6.42. The summed E-state index contributed by atoms with van der Waals surface area (Å²) in [7, 11) is -3.78. The summed E-state index contributed by atoms with van der Waals surface area (Å²) in [6.07, 6.45) is -0.0674. The highest BCUT2D eigenvalue weighted by Crippen LogP contribution is 2.26. The summed E-state index contributed by atoms with van der Waals surface area (Å²) in [4.78, 5) is 31.1. The standard InChI is InChI=1S/C20H18N4O6S/c1-31(27,28)17-10-12(11-29-20(26)24-19(21)22)6-9-16(17)30-18(25)15-8-7-13-4-2-3-5-14(13)23-15/h2-10H,11H2,1H3,(H4,21,22,24,26). The lowest BCUT2D eigenvalue weighted by Gasteiger charge is -2.11. The fraction of sp³-hybridized carbons (Fsp3) is 0.100. The molecule has 0 aliphatic heterocycles. The summed E-state index contributed by atoms with van der Waals surface area (Å²) >= 11 is 0. The van der Waals surface area contributed by atoms with Gasteiger partial charge < -0.3 is 20.9 Å². The molecular weight excluding hydrogens is 424 g/mol. The van der Waals surface area contributed by atoms with Crippen LogP contribution in [0.3, 0.4) is 0 Å². The summed E-state index contributed by atoms with van der Waals surface area (Å²) in [5.74, 6) is -1.46. The van der Waals surface area contributed by atoms with Crippen LogP contribution in [0.5, 0.6) is 5.75 Å². The first-order chi connectivity index (χ1) is 14.6. The summed E-state index contributed by atoms with van der Waals surface area (Å²) < 4.78 is 34.6. The van der Waals surface area contributed by atoms with Crippen LogP contribution in [-0.4, -0.2) is 37.7 Å². The highest BCUT2D eigenvalue weighted by Gasteiger charge is 2.20. The third kappa shape index (κ3) is 5.54. The molecule has 3 aromatic rings. The highest BCUT2D eigenvalue weighted by atomic mass is 32.2. The molecule has 0 unspecified atom stereocenters. The Morgan fingerprint density at radius 2 is 1.81 bits per heavy atom. The fourth-order valence-electron chi connectivity index (χ4n) is 2.63. The molecular formula is C20H18N4O6S. The van der Waals surface area contributed by atoms with E-state index < -0.39 is 27.9 Å². The zero-order valence-corrected chi connectivity index (χ0v) is 17.1. The first-order valence-corrected chi connectivity index (χ1v) is 10.7. The van der Waals surface area contributed by atoms with Crippen molar-refractivity contribution in [2.75, 3.05) is 6.26 Å². The number of para-hydroxylation sites is 1. The number of nitrogens with two attached hydrogens (primary N) is 2.